The Kier molecular flexibility index (Phi) is 7.33. The summed E-state index contributed by atoms with van der Waals surface area (Å²) in [5, 5.41) is 13.6. The average Bonchev–Trinajstić information content (AvgIpc) is 3.29. The highest BCUT2D eigenvalue weighted by Crippen LogP contribution is 2.35. The van der Waals surface area contributed by atoms with Gasteiger partial charge in [-0.1, -0.05) is 32.0 Å². The van der Waals surface area contributed by atoms with Crippen molar-refractivity contribution in [3.05, 3.63) is 59.7 Å². The third-order valence-corrected chi connectivity index (χ3v) is 5.59. The second-order valence-corrected chi connectivity index (χ2v) is 8.45. The van der Waals surface area contributed by atoms with Crippen LogP contribution >= 0.6 is 0 Å². The van der Waals surface area contributed by atoms with Gasteiger partial charge in [0.2, 0.25) is 0 Å². The molecule has 0 aliphatic heterocycles. The van der Waals surface area contributed by atoms with Gasteiger partial charge in [-0.05, 0) is 43.9 Å². The smallest absolute Gasteiger partial charge is 0.454 e. The van der Waals surface area contributed by atoms with E-state index >= 15 is 4.39 Å². The molecule has 36 heavy (non-hydrogen) atoms. The van der Waals surface area contributed by atoms with E-state index in [9.17, 15) is 4.79 Å². The summed E-state index contributed by atoms with van der Waals surface area (Å²) in [7, 11) is 0. The van der Waals surface area contributed by atoms with Crippen molar-refractivity contribution in [1.29, 1.82) is 0 Å². The molecule has 0 radical (unpaired) electrons. The number of hydrogen-bond donors (Lipinski definition) is 1. The van der Waals surface area contributed by atoms with E-state index in [0.717, 1.165) is 37.1 Å². The molecule has 0 bridgehead atoms. The van der Waals surface area contributed by atoms with E-state index < -0.39 is 12.0 Å². The molecule has 188 valence electrons. The van der Waals surface area contributed by atoms with E-state index in [2.05, 4.69) is 33.6 Å². The number of hydrogen-bond acceptors (Lipinski definition) is 7. The van der Waals surface area contributed by atoms with Gasteiger partial charge < -0.3 is 19.5 Å². The third-order valence-electron chi connectivity index (χ3n) is 5.59. The molecular weight excluding hydrogens is 465 g/mol. The van der Waals surface area contributed by atoms with Crippen molar-refractivity contribution < 1.29 is 23.8 Å². The Labute approximate surface area is 208 Å². The first-order valence-corrected chi connectivity index (χ1v) is 11.8. The average molecular weight is 494 g/mol. The van der Waals surface area contributed by atoms with Crippen LogP contribution in [0.1, 0.15) is 37.8 Å². The highest BCUT2D eigenvalue weighted by atomic mass is 19.1. The Hall–Kier alpha value is -4.21. The zero-order valence-corrected chi connectivity index (χ0v) is 20.7. The summed E-state index contributed by atoms with van der Waals surface area (Å²) in [6, 6.07) is 8.71. The maximum Gasteiger partial charge on any atom is 0.511 e. The monoisotopic (exact) mass is 493 g/mol. The number of rotatable bonds is 9. The lowest BCUT2D eigenvalue weighted by Gasteiger charge is -2.24. The first-order chi connectivity index (χ1) is 17.3. The second kappa shape index (κ2) is 10.6. The molecule has 0 amide bonds. The SMILES string of the molecule is CCCN(CCC)c1nc(-n2cc(OC(=O)O)cn2)nc2cc(F)c(Oc3c(C)cccc3C)cc12. The molecule has 0 unspecified atom stereocenters. The largest absolute Gasteiger partial charge is 0.511 e. The van der Waals surface area contributed by atoms with Crippen molar-refractivity contribution in [2.45, 2.75) is 40.5 Å². The number of ether oxygens (including phenoxy) is 2. The second-order valence-electron chi connectivity index (χ2n) is 8.45. The number of carboxylic acid groups (broad SMARTS) is 1. The zero-order valence-electron chi connectivity index (χ0n) is 20.7. The molecule has 0 fully saturated rings. The van der Waals surface area contributed by atoms with Crippen LogP contribution in [0.3, 0.4) is 0 Å². The van der Waals surface area contributed by atoms with Crippen LogP contribution in [0.25, 0.3) is 16.9 Å². The van der Waals surface area contributed by atoms with Crippen LogP contribution in [0.2, 0.25) is 0 Å². The summed E-state index contributed by atoms with van der Waals surface area (Å²) in [5.74, 6) is 0.931. The van der Waals surface area contributed by atoms with Gasteiger partial charge in [-0.3, -0.25) is 0 Å². The lowest BCUT2D eigenvalue weighted by molar-refractivity contribution is 0.144. The van der Waals surface area contributed by atoms with Crippen LogP contribution in [-0.2, 0) is 0 Å². The number of aryl methyl sites for hydroxylation is 2. The molecule has 0 spiro atoms. The van der Waals surface area contributed by atoms with Gasteiger partial charge in [-0.2, -0.15) is 10.1 Å². The van der Waals surface area contributed by atoms with Gasteiger partial charge in [0, 0.05) is 24.5 Å². The van der Waals surface area contributed by atoms with E-state index in [1.54, 1.807) is 6.07 Å². The van der Waals surface area contributed by atoms with Gasteiger partial charge in [0.1, 0.15) is 11.6 Å². The molecule has 0 saturated carbocycles. The lowest BCUT2D eigenvalue weighted by Crippen LogP contribution is -2.27. The number of aromatic nitrogens is 4. The van der Waals surface area contributed by atoms with Crippen molar-refractivity contribution in [2.24, 2.45) is 0 Å². The van der Waals surface area contributed by atoms with Gasteiger partial charge in [0.05, 0.1) is 17.9 Å². The fourth-order valence-corrected chi connectivity index (χ4v) is 4.03. The van der Waals surface area contributed by atoms with E-state index in [1.165, 1.54) is 23.1 Å². The van der Waals surface area contributed by atoms with Crippen molar-refractivity contribution >= 4 is 22.9 Å². The van der Waals surface area contributed by atoms with Gasteiger partial charge >= 0.3 is 6.16 Å². The van der Waals surface area contributed by atoms with Crippen LogP contribution in [0, 0.1) is 19.7 Å². The van der Waals surface area contributed by atoms with Crippen molar-refractivity contribution in [1.82, 2.24) is 19.7 Å². The molecule has 0 atom stereocenters. The zero-order chi connectivity index (χ0) is 25.8. The van der Waals surface area contributed by atoms with Crippen LogP contribution < -0.4 is 14.4 Å². The Balaban J connectivity index is 1.87. The Morgan fingerprint density at radius 2 is 1.81 bits per heavy atom. The first-order valence-electron chi connectivity index (χ1n) is 11.8. The van der Waals surface area contributed by atoms with Gasteiger partial charge in [0.15, 0.2) is 17.3 Å². The van der Waals surface area contributed by atoms with E-state index in [-0.39, 0.29) is 17.4 Å². The Morgan fingerprint density at radius 3 is 2.44 bits per heavy atom. The first kappa shape index (κ1) is 24.9. The van der Waals surface area contributed by atoms with Gasteiger partial charge in [-0.25, -0.2) is 18.9 Å². The number of fused-ring (bicyclic) bond motifs is 1. The number of carbonyl (C=O) groups is 1. The maximum absolute atomic E-state index is 15.3. The molecule has 9 nitrogen and oxygen atoms in total. The van der Waals surface area contributed by atoms with Crippen LogP contribution in [0.15, 0.2) is 42.7 Å². The van der Waals surface area contributed by atoms with Gasteiger partial charge in [-0.15, -0.1) is 0 Å². The summed E-state index contributed by atoms with van der Waals surface area (Å²) < 4.78 is 27.3. The number of nitrogens with zero attached hydrogens (tertiary/aromatic N) is 5. The van der Waals surface area contributed by atoms with Gasteiger partial charge in [0.25, 0.3) is 5.95 Å². The standard InChI is InChI=1S/C26H28FN5O4/c1-5-10-31(11-6-2)24-19-12-22(36-23-16(3)8-7-9-17(23)4)20(27)13-21(19)29-25(30-24)32-15-18(14-28-32)35-26(33)34/h7-9,12-15H,5-6,10-11H2,1-4H3,(H,33,34). The fourth-order valence-electron chi connectivity index (χ4n) is 4.03. The number of benzene rings is 2. The highest BCUT2D eigenvalue weighted by Gasteiger charge is 2.20. The van der Waals surface area contributed by atoms with Crippen molar-refractivity contribution in [3.8, 4) is 23.2 Å². The summed E-state index contributed by atoms with van der Waals surface area (Å²) in [5.41, 5.74) is 2.17. The molecule has 4 aromatic rings. The molecule has 0 saturated heterocycles. The van der Waals surface area contributed by atoms with Crippen LogP contribution in [0.4, 0.5) is 15.0 Å². The predicted molar refractivity (Wildman–Crippen MR) is 134 cm³/mol. The topological polar surface area (TPSA) is 103 Å². The molecule has 4 rings (SSSR count). The Bertz CT molecular complexity index is 1380. The summed E-state index contributed by atoms with van der Waals surface area (Å²) in [6.07, 6.45) is 2.92. The van der Waals surface area contributed by atoms with E-state index in [4.69, 9.17) is 14.8 Å². The predicted octanol–water partition coefficient (Wildman–Crippen LogP) is 6.05. The van der Waals surface area contributed by atoms with Crippen LogP contribution in [0.5, 0.6) is 17.2 Å². The minimum Gasteiger partial charge on any atom is -0.454 e. The normalized spacial score (nSPS) is 11.0. The minimum absolute atomic E-state index is 0.0234. The summed E-state index contributed by atoms with van der Waals surface area (Å²) in [4.78, 5) is 22.2. The number of halogens is 1. The molecule has 1 N–H and O–H groups in total. The highest BCUT2D eigenvalue weighted by molar-refractivity contribution is 5.91. The summed E-state index contributed by atoms with van der Waals surface area (Å²) in [6.45, 7) is 9.44. The molecular formula is C26H28FN5O4. The molecule has 2 heterocycles. The fraction of sp³-hybridized carbons (Fsp3) is 0.308. The van der Waals surface area contributed by atoms with Crippen molar-refractivity contribution in [2.75, 3.05) is 18.0 Å². The molecule has 2 aromatic heterocycles. The third kappa shape index (κ3) is 5.22. The molecule has 2 aromatic carbocycles. The molecule has 10 heteroatoms. The van der Waals surface area contributed by atoms with Crippen LogP contribution in [-0.4, -0.2) is 44.1 Å². The quantitative estimate of drug-likeness (QED) is 0.281. The number of para-hydroxylation sites is 1. The molecule has 0 aliphatic carbocycles. The summed E-state index contributed by atoms with van der Waals surface area (Å²) >= 11 is 0. The lowest BCUT2D eigenvalue weighted by atomic mass is 10.1. The van der Waals surface area contributed by atoms with E-state index in [0.29, 0.717) is 22.5 Å². The Morgan fingerprint density at radius 1 is 1.11 bits per heavy atom. The molecule has 0 aliphatic rings. The minimum atomic E-state index is -1.45. The van der Waals surface area contributed by atoms with Crippen molar-refractivity contribution in [3.63, 3.8) is 0 Å². The number of anilines is 1. The van der Waals surface area contributed by atoms with E-state index in [1.807, 2.05) is 32.0 Å². The maximum atomic E-state index is 15.3.